The molecule has 0 aliphatic carbocycles. The van der Waals surface area contributed by atoms with Gasteiger partial charge in [0, 0.05) is 12.1 Å². The maximum absolute atomic E-state index is 13.6. The minimum atomic E-state index is -3.89. The third kappa shape index (κ3) is 4.10. The molecule has 0 aliphatic heterocycles. The number of carbonyl (C=O) groups excluding carboxylic acids is 1. The summed E-state index contributed by atoms with van der Waals surface area (Å²) in [6.07, 6.45) is 0. The molecule has 0 fully saturated rings. The second-order valence-corrected chi connectivity index (χ2v) is 6.53. The largest absolute Gasteiger partial charge is 0.322 e. The highest BCUT2D eigenvalue weighted by Gasteiger charge is 2.20. The summed E-state index contributed by atoms with van der Waals surface area (Å²) in [5.74, 6) is -2.80. The van der Waals surface area contributed by atoms with E-state index in [2.05, 4.69) is 0 Å². The Labute approximate surface area is 130 Å². The minimum Gasteiger partial charge on any atom is -0.322 e. The zero-order valence-electron chi connectivity index (χ0n) is 11.6. The summed E-state index contributed by atoms with van der Waals surface area (Å²) in [5.41, 5.74) is -0.875. The van der Waals surface area contributed by atoms with E-state index >= 15 is 0 Å². The van der Waals surface area contributed by atoms with Crippen LogP contribution in [0.1, 0.15) is 0 Å². The molecule has 0 unspecified atom stereocenters. The van der Waals surface area contributed by atoms with Gasteiger partial charge in [-0.2, -0.15) is 0 Å². The van der Waals surface area contributed by atoms with Crippen molar-refractivity contribution in [2.75, 3.05) is 11.1 Å². The van der Waals surface area contributed by atoms with Crippen LogP contribution in [0.5, 0.6) is 0 Å². The van der Waals surface area contributed by atoms with Crippen LogP contribution in [0.3, 0.4) is 0 Å². The molecule has 0 radical (unpaired) electrons. The number of nitro benzene ring substituents is 1. The number of rotatable bonds is 5. The standard InChI is InChI=1S/C14H11FN2O5S/c15-12-7-6-10(17(19)20)8-13(12)16-14(18)9-23(21,22)11-4-2-1-3-5-11/h1-8H,9H2,(H,16,18). The van der Waals surface area contributed by atoms with Crippen LogP contribution in [0.4, 0.5) is 15.8 Å². The quantitative estimate of drug-likeness (QED) is 0.664. The number of nitrogens with one attached hydrogen (secondary N) is 1. The summed E-state index contributed by atoms with van der Waals surface area (Å²) in [4.78, 5) is 21.6. The first kappa shape index (κ1) is 16.6. The van der Waals surface area contributed by atoms with Crippen LogP contribution in [-0.4, -0.2) is 25.0 Å². The fourth-order valence-corrected chi connectivity index (χ4v) is 2.95. The molecule has 1 amide bonds. The Hall–Kier alpha value is -2.81. The Bertz CT molecular complexity index is 853. The minimum absolute atomic E-state index is 0.0466. The lowest BCUT2D eigenvalue weighted by atomic mass is 10.2. The van der Waals surface area contributed by atoms with E-state index in [1.54, 1.807) is 6.07 Å². The van der Waals surface area contributed by atoms with Crippen LogP contribution in [0.15, 0.2) is 53.4 Å². The molecular weight excluding hydrogens is 327 g/mol. The second kappa shape index (κ2) is 6.53. The highest BCUT2D eigenvalue weighted by molar-refractivity contribution is 7.92. The lowest BCUT2D eigenvalue weighted by molar-refractivity contribution is -0.384. The number of anilines is 1. The summed E-state index contributed by atoms with van der Waals surface area (Å²) in [5, 5.41) is 12.7. The van der Waals surface area contributed by atoms with Gasteiger partial charge in [-0.3, -0.25) is 14.9 Å². The van der Waals surface area contributed by atoms with Crippen molar-refractivity contribution in [3.05, 3.63) is 64.5 Å². The van der Waals surface area contributed by atoms with E-state index in [4.69, 9.17) is 0 Å². The summed E-state index contributed by atoms with van der Waals surface area (Å²) < 4.78 is 37.6. The zero-order chi connectivity index (χ0) is 17.0. The summed E-state index contributed by atoms with van der Waals surface area (Å²) in [6, 6.07) is 9.87. The molecule has 0 atom stereocenters. The average molecular weight is 338 g/mol. The van der Waals surface area contributed by atoms with Gasteiger partial charge in [0.2, 0.25) is 5.91 Å². The van der Waals surface area contributed by atoms with Gasteiger partial charge in [-0.05, 0) is 18.2 Å². The van der Waals surface area contributed by atoms with E-state index in [0.29, 0.717) is 0 Å². The van der Waals surface area contributed by atoms with Gasteiger partial charge in [0.1, 0.15) is 11.6 Å². The molecule has 0 spiro atoms. The van der Waals surface area contributed by atoms with Crippen LogP contribution in [0.25, 0.3) is 0 Å². The third-order valence-corrected chi connectivity index (χ3v) is 4.49. The number of sulfone groups is 1. The number of nitrogens with zero attached hydrogens (tertiary/aromatic N) is 1. The molecule has 120 valence electrons. The molecule has 2 rings (SSSR count). The monoisotopic (exact) mass is 338 g/mol. The van der Waals surface area contributed by atoms with Gasteiger partial charge in [-0.15, -0.1) is 0 Å². The lowest BCUT2D eigenvalue weighted by Crippen LogP contribution is -2.23. The number of hydrogen-bond donors (Lipinski definition) is 1. The number of non-ortho nitro benzene ring substituents is 1. The molecule has 2 aromatic rings. The van der Waals surface area contributed by atoms with Gasteiger partial charge in [-0.25, -0.2) is 12.8 Å². The van der Waals surface area contributed by atoms with Crippen LogP contribution >= 0.6 is 0 Å². The zero-order valence-corrected chi connectivity index (χ0v) is 12.4. The fraction of sp³-hybridized carbons (Fsp3) is 0.0714. The SMILES string of the molecule is O=C(CS(=O)(=O)c1ccccc1)Nc1cc([N+](=O)[O-])ccc1F. The van der Waals surface area contributed by atoms with E-state index in [9.17, 15) is 27.7 Å². The van der Waals surface area contributed by atoms with Gasteiger partial charge >= 0.3 is 0 Å². The van der Waals surface area contributed by atoms with Crippen molar-refractivity contribution in [1.82, 2.24) is 0 Å². The smallest absolute Gasteiger partial charge is 0.271 e. The molecular formula is C14H11FN2O5S. The summed E-state index contributed by atoms with van der Waals surface area (Å²) in [6.45, 7) is 0. The van der Waals surface area contributed by atoms with E-state index in [1.165, 1.54) is 24.3 Å². The highest BCUT2D eigenvalue weighted by Crippen LogP contribution is 2.21. The third-order valence-electron chi connectivity index (χ3n) is 2.86. The lowest BCUT2D eigenvalue weighted by Gasteiger charge is -2.07. The Morgan fingerprint density at radius 2 is 1.83 bits per heavy atom. The Morgan fingerprint density at radius 1 is 1.17 bits per heavy atom. The van der Waals surface area contributed by atoms with Crippen molar-refractivity contribution in [1.29, 1.82) is 0 Å². The number of hydrogen-bond acceptors (Lipinski definition) is 5. The highest BCUT2D eigenvalue weighted by atomic mass is 32.2. The van der Waals surface area contributed by atoms with Crippen LogP contribution in [0.2, 0.25) is 0 Å². The topological polar surface area (TPSA) is 106 Å². The Morgan fingerprint density at radius 3 is 2.43 bits per heavy atom. The predicted octanol–water partition coefficient (Wildman–Crippen LogP) is 2.15. The summed E-state index contributed by atoms with van der Waals surface area (Å²) in [7, 11) is -3.89. The van der Waals surface area contributed by atoms with E-state index in [0.717, 1.165) is 18.2 Å². The average Bonchev–Trinajstić information content (AvgIpc) is 2.49. The van der Waals surface area contributed by atoms with Gasteiger partial charge in [0.05, 0.1) is 15.5 Å². The number of carbonyl (C=O) groups is 1. The van der Waals surface area contributed by atoms with E-state index in [-0.39, 0.29) is 4.90 Å². The molecule has 1 N–H and O–H groups in total. The Kier molecular flexibility index (Phi) is 4.70. The maximum Gasteiger partial charge on any atom is 0.271 e. The molecule has 0 saturated carbocycles. The van der Waals surface area contributed by atoms with Crippen molar-refractivity contribution in [3.63, 3.8) is 0 Å². The number of benzene rings is 2. The number of amides is 1. The van der Waals surface area contributed by atoms with Crippen molar-refractivity contribution < 1.29 is 22.5 Å². The van der Waals surface area contributed by atoms with Crippen LogP contribution in [0, 0.1) is 15.9 Å². The fourth-order valence-electron chi connectivity index (χ4n) is 1.79. The van der Waals surface area contributed by atoms with Crippen LogP contribution in [-0.2, 0) is 14.6 Å². The molecule has 9 heteroatoms. The molecule has 23 heavy (non-hydrogen) atoms. The summed E-state index contributed by atoms with van der Waals surface area (Å²) >= 11 is 0. The van der Waals surface area contributed by atoms with Crippen molar-refractivity contribution in [3.8, 4) is 0 Å². The molecule has 7 nitrogen and oxygen atoms in total. The molecule has 0 aliphatic rings. The van der Waals surface area contributed by atoms with Crippen LogP contribution < -0.4 is 5.32 Å². The molecule has 0 heterocycles. The van der Waals surface area contributed by atoms with Gasteiger partial charge < -0.3 is 5.32 Å². The second-order valence-electron chi connectivity index (χ2n) is 4.54. The van der Waals surface area contributed by atoms with Crippen molar-refractivity contribution in [2.24, 2.45) is 0 Å². The molecule has 2 aromatic carbocycles. The molecule has 0 bridgehead atoms. The molecule has 0 aromatic heterocycles. The maximum atomic E-state index is 13.6. The van der Waals surface area contributed by atoms with E-state index < -0.39 is 43.6 Å². The first-order valence-corrected chi connectivity index (χ1v) is 7.96. The first-order valence-electron chi connectivity index (χ1n) is 6.31. The van der Waals surface area contributed by atoms with Crippen molar-refractivity contribution >= 4 is 27.1 Å². The predicted molar refractivity (Wildman–Crippen MR) is 80.2 cm³/mol. The normalized spacial score (nSPS) is 11.0. The number of halogens is 1. The Balaban J connectivity index is 2.17. The number of nitro groups is 1. The van der Waals surface area contributed by atoms with E-state index in [1.807, 2.05) is 5.32 Å². The van der Waals surface area contributed by atoms with Gasteiger partial charge in [-0.1, -0.05) is 18.2 Å². The van der Waals surface area contributed by atoms with Gasteiger partial charge in [0.15, 0.2) is 9.84 Å². The van der Waals surface area contributed by atoms with Crippen molar-refractivity contribution in [2.45, 2.75) is 4.90 Å². The first-order chi connectivity index (χ1) is 10.8. The molecule has 0 saturated heterocycles. The van der Waals surface area contributed by atoms with Gasteiger partial charge in [0.25, 0.3) is 5.69 Å².